The summed E-state index contributed by atoms with van der Waals surface area (Å²) in [5.41, 5.74) is -0.486. The van der Waals surface area contributed by atoms with Crippen LogP contribution in [-0.4, -0.2) is 33.6 Å². The van der Waals surface area contributed by atoms with Gasteiger partial charge in [0.2, 0.25) is 10.1 Å². The first-order valence-electron chi connectivity index (χ1n) is 8.98. The fourth-order valence-corrected chi connectivity index (χ4v) is 4.16. The van der Waals surface area contributed by atoms with E-state index in [-0.39, 0.29) is 12.1 Å². The van der Waals surface area contributed by atoms with Crippen molar-refractivity contribution in [3.8, 4) is 0 Å². The molecule has 27 heavy (non-hydrogen) atoms. The molecular formula is C18H21N5O3S. The number of carbonyl (C=O) groups is 1. The quantitative estimate of drug-likeness (QED) is 0.738. The first-order chi connectivity index (χ1) is 13.0. The maximum Gasteiger partial charge on any atom is 0.288 e. The van der Waals surface area contributed by atoms with E-state index < -0.39 is 11.5 Å². The van der Waals surface area contributed by atoms with Crippen LogP contribution < -0.4 is 15.8 Å². The van der Waals surface area contributed by atoms with Crippen LogP contribution in [0.2, 0.25) is 0 Å². The Labute approximate surface area is 159 Å². The summed E-state index contributed by atoms with van der Waals surface area (Å²) >= 11 is 1.37. The molecule has 1 N–H and O–H groups in total. The van der Waals surface area contributed by atoms with Crippen molar-refractivity contribution < 1.29 is 9.21 Å². The van der Waals surface area contributed by atoms with Crippen molar-refractivity contribution in [2.75, 3.05) is 18.0 Å². The monoisotopic (exact) mass is 387 g/mol. The van der Waals surface area contributed by atoms with Crippen molar-refractivity contribution in [2.24, 2.45) is 5.92 Å². The molecule has 4 heterocycles. The van der Waals surface area contributed by atoms with Crippen LogP contribution >= 0.6 is 11.3 Å². The lowest BCUT2D eigenvalue weighted by Crippen LogP contribution is -2.34. The molecule has 1 atom stereocenters. The second kappa shape index (κ2) is 7.15. The molecule has 3 aromatic heterocycles. The number of fused-ring (bicyclic) bond motifs is 1. The molecule has 3 aromatic rings. The zero-order chi connectivity index (χ0) is 19.0. The minimum absolute atomic E-state index is 0.0281. The fraction of sp³-hybridized carbons (Fsp3) is 0.444. The minimum atomic E-state index is -0.489. The van der Waals surface area contributed by atoms with Gasteiger partial charge in [0.05, 0.1) is 6.54 Å². The number of amides is 1. The fourth-order valence-electron chi connectivity index (χ4n) is 3.27. The summed E-state index contributed by atoms with van der Waals surface area (Å²) in [6, 6.07) is 3.61. The average molecular weight is 387 g/mol. The van der Waals surface area contributed by atoms with E-state index in [0.717, 1.165) is 30.4 Å². The molecule has 9 heteroatoms. The number of hydrogen-bond donors (Lipinski definition) is 1. The van der Waals surface area contributed by atoms with E-state index in [4.69, 9.17) is 4.42 Å². The molecule has 142 valence electrons. The van der Waals surface area contributed by atoms with Gasteiger partial charge in [0.1, 0.15) is 17.1 Å². The molecule has 1 fully saturated rings. The molecule has 1 amide bonds. The second-order valence-electron chi connectivity index (χ2n) is 6.94. The highest BCUT2D eigenvalue weighted by molar-refractivity contribution is 7.20. The van der Waals surface area contributed by atoms with Crippen LogP contribution in [0.25, 0.3) is 4.96 Å². The molecule has 1 aliphatic heterocycles. The summed E-state index contributed by atoms with van der Waals surface area (Å²) in [6.07, 6.45) is 3.64. The predicted octanol–water partition coefficient (Wildman–Crippen LogP) is 2.22. The van der Waals surface area contributed by atoms with Gasteiger partial charge in [0.15, 0.2) is 0 Å². The molecule has 8 nitrogen and oxygen atoms in total. The molecule has 0 aliphatic carbocycles. The SMILES string of the molecule is Cc1ccc(CNC(=O)c2cnc3sc(N4CCC[C@@H](C)C4)nn3c2=O)o1. The molecule has 0 radical (unpaired) electrons. The van der Waals surface area contributed by atoms with E-state index in [0.29, 0.717) is 16.6 Å². The largest absolute Gasteiger partial charge is 0.465 e. The molecule has 1 aliphatic rings. The maximum atomic E-state index is 12.7. The van der Waals surface area contributed by atoms with Crippen LogP contribution in [0.3, 0.4) is 0 Å². The van der Waals surface area contributed by atoms with Crippen molar-refractivity contribution in [2.45, 2.75) is 33.2 Å². The summed E-state index contributed by atoms with van der Waals surface area (Å²) in [5, 5.41) is 7.88. The number of piperidine rings is 1. The summed E-state index contributed by atoms with van der Waals surface area (Å²) in [7, 11) is 0. The summed E-state index contributed by atoms with van der Waals surface area (Å²) in [4.78, 5) is 32.1. The number of nitrogens with one attached hydrogen (secondary N) is 1. The third-order valence-electron chi connectivity index (χ3n) is 4.67. The molecule has 1 saturated heterocycles. The van der Waals surface area contributed by atoms with Crippen LogP contribution in [0.4, 0.5) is 5.13 Å². The normalized spacial score (nSPS) is 17.4. The van der Waals surface area contributed by atoms with Gasteiger partial charge >= 0.3 is 0 Å². The maximum absolute atomic E-state index is 12.7. The third-order valence-corrected chi connectivity index (χ3v) is 5.65. The summed E-state index contributed by atoms with van der Waals surface area (Å²) < 4.78 is 6.65. The van der Waals surface area contributed by atoms with E-state index in [2.05, 4.69) is 27.2 Å². The number of nitrogens with zero attached hydrogens (tertiary/aromatic N) is 4. The van der Waals surface area contributed by atoms with Gasteiger partial charge in [0.25, 0.3) is 11.5 Å². The van der Waals surface area contributed by atoms with Crippen molar-refractivity contribution >= 4 is 27.3 Å². The summed E-state index contributed by atoms with van der Waals surface area (Å²) in [5.74, 6) is 1.51. The van der Waals surface area contributed by atoms with Gasteiger partial charge in [-0.15, -0.1) is 5.10 Å². The smallest absolute Gasteiger partial charge is 0.288 e. The molecule has 4 rings (SSSR count). The van der Waals surface area contributed by atoms with E-state index in [1.54, 1.807) is 6.07 Å². The van der Waals surface area contributed by atoms with Gasteiger partial charge in [0, 0.05) is 19.3 Å². The Morgan fingerprint density at radius 2 is 2.30 bits per heavy atom. The van der Waals surface area contributed by atoms with Crippen molar-refractivity contribution in [3.05, 3.63) is 45.8 Å². The summed E-state index contributed by atoms with van der Waals surface area (Å²) in [6.45, 7) is 6.10. The Balaban J connectivity index is 1.56. The Kier molecular flexibility index (Phi) is 4.69. The number of aromatic nitrogens is 3. The van der Waals surface area contributed by atoms with Crippen LogP contribution in [-0.2, 0) is 6.54 Å². The number of furan rings is 1. The zero-order valence-electron chi connectivity index (χ0n) is 15.3. The Hall–Kier alpha value is -2.68. The Bertz CT molecular complexity index is 1040. The first-order valence-corrected chi connectivity index (χ1v) is 9.80. The predicted molar refractivity (Wildman–Crippen MR) is 102 cm³/mol. The molecule has 0 saturated carbocycles. The molecule has 0 spiro atoms. The van der Waals surface area contributed by atoms with E-state index in [1.165, 1.54) is 28.5 Å². The first kappa shape index (κ1) is 17.7. The molecule has 0 bridgehead atoms. The van der Waals surface area contributed by atoms with Gasteiger partial charge in [-0.1, -0.05) is 18.3 Å². The Morgan fingerprint density at radius 1 is 1.44 bits per heavy atom. The van der Waals surface area contributed by atoms with E-state index in [9.17, 15) is 9.59 Å². The number of hydrogen-bond acceptors (Lipinski definition) is 7. The Morgan fingerprint density at radius 3 is 3.04 bits per heavy atom. The van der Waals surface area contributed by atoms with Gasteiger partial charge in [-0.25, -0.2) is 4.98 Å². The van der Waals surface area contributed by atoms with Gasteiger partial charge in [-0.3, -0.25) is 9.59 Å². The van der Waals surface area contributed by atoms with Crippen LogP contribution in [0, 0.1) is 12.8 Å². The highest BCUT2D eigenvalue weighted by atomic mass is 32.1. The van der Waals surface area contributed by atoms with Gasteiger partial charge in [-0.05, 0) is 37.8 Å². The average Bonchev–Trinajstić information content (AvgIpc) is 3.27. The molecule has 0 aromatic carbocycles. The van der Waals surface area contributed by atoms with Crippen molar-refractivity contribution in [3.63, 3.8) is 0 Å². The van der Waals surface area contributed by atoms with Crippen LogP contribution in [0.15, 0.2) is 27.5 Å². The van der Waals surface area contributed by atoms with Crippen LogP contribution in [0.5, 0.6) is 0 Å². The standard InChI is InChI=1S/C18H21N5O3S/c1-11-4-3-7-22(10-11)18-21-23-16(25)14(9-20-17(23)27-18)15(24)19-8-13-6-5-12(2)26-13/h5-6,9,11H,3-4,7-8,10H2,1-2H3,(H,19,24)/t11-/m1/s1. The highest BCUT2D eigenvalue weighted by Crippen LogP contribution is 2.26. The van der Waals surface area contributed by atoms with E-state index >= 15 is 0 Å². The molecular weight excluding hydrogens is 366 g/mol. The number of carbonyl (C=O) groups excluding carboxylic acids is 1. The van der Waals surface area contributed by atoms with Crippen molar-refractivity contribution in [1.29, 1.82) is 0 Å². The van der Waals surface area contributed by atoms with Crippen LogP contribution in [0.1, 0.15) is 41.6 Å². The lowest BCUT2D eigenvalue weighted by molar-refractivity contribution is 0.0945. The highest BCUT2D eigenvalue weighted by Gasteiger charge is 2.22. The van der Waals surface area contributed by atoms with E-state index in [1.807, 2.05) is 13.0 Å². The van der Waals surface area contributed by atoms with Gasteiger partial charge in [-0.2, -0.15) is 4.52 Å². The number of anilines is 1. The third kappa shape index (κ3) is 3.59. The van der Waals surface area contributed by atoms with Crippen molar-refractivity contribution in [1.82, 2.24) is 19.9 Å². The molecule has 0 unspecified atom stereocenters. The lowest BCUT2D eigenvalue weighted by Gasteiger charge is -2.30. The second-order valence-corrected chi connectivity index (χ2v) is 7.88. The topological polar surface area (TPSA) is 92.7 Å². The number of rotatable bonds is 4. The lowest BCUT2D eigenvalue weighted by atomic mass is 10.0. The number of aryl methyl sites for hydroxylation is 1. The zero-order valence-corrected chi connectivity index (χ0v) is 16.1. The minimum Gasteiger partial charge on any atom is -0.465 e. The van der Waals surface area contributed by atoms with Gasteiger partial charge < -0.3 is 14.6 Å².